The SMILES string of the molecule is CCOC(=O)C1(c2ccc(NC(=O)C[C@@H](NS(C)(=O)=O)c3ccc(F)cc3)cc2)CC1. The fraction of sp³-hybridized carbons (Fsp3) is 0.364. The summed E-state index contributed by atoms with van der Waals surface area (Å²) in [5.74, 6) is -1.10. The second-order valence-corrected chi connectivity index (χ2v) is 9.41. The first-order chi connectivity index (χ1) is 14.6. The largest absolute Gasteiger partial charge is 0.465 e. The van der Waals surface area contributed by atoms with Crippen LogP contribution in [-0.4, -0.2) is 33.2 Å². The number of ether oxygens (including phenoxy) is 1. The van der Waals surface area contributed by atoms with Gasteiger partial charge in [0.1, 0.15) is 5.82 Å². The second kappa shape index (κ2) is 9.15. The van der Waals surface area contributed by atoms with Crippen molar-refractivity contribution < 1.29 is 27.1 Å². The van der Waals surface area contributed by atoms with E-state index in [0.717, 1.165) is 24.7 Å². The second-order valence-electron chi connectivity index (χ2n) is 7.63. The summed E-state index contributed by atoms with van der Waals surface area (Å²) in [6, 6.07) is 11.4. The molecule has 166 valence electrons. The van der Waals surface area contributed by atoms with Gasteiger partial charge in [-0.2, -0.15) is 0 Å². The van der Waals surface area contributed by atoms with E-state index in [-0.39, 0.29) is 12.4 Å². The maximum Gasteiger partial charge on any atom is 0.316 e. The lowest BCUT2D eigenvalue weighted by Crippen LogP contribution is -2.30. The Morgan fingerprint density at radius 2 is 1.71 bits per heavy atom. The normalized spacial score (nSPS) is 15.7. The van der Waals surface area contributed by atoms with Crippen molar-refractivity contribution in [1.82, 2.24) is 4.72 Å². The van der Waals surface area contributed by atoms with E-state index in [9.17, 15) is 22.4 Å². The Labute approximate surface area is 181 Å². The molecule has 2 aromatic carbocycles. The van der Waals surface area contributed by atoms with Gasteiger partial charge in [0.25, 0.3) is 0 Å². The first-order valence-corrected chi connectivity index (χ1v) is 11.8. The number of carbonyl (C=O) groups excluding carboxylic acids is 2. The molecule has 0 saturated heterocycles. The molecule has 1 saturated carbocycles. The van der Waals surface area contributed by atoms with E-state index in [1.807, 2.05) is 0 Å². The molecule has 3 rings (SSSR count). The summed E-state index contributed by atoms with van der Waals surface area (Å²) in [4.78, 5) is 24.8. The van der Waals surface area contributed by atoms with Crippen LogP contribution in [0.5, 0.6) is 0 Å². The summed E-state index contributed by atoms with van der Waals surface area (Å²) in [5, 5.41) is 2.73. The molecule has 31 heavy (non-hydrogen) atoms. The van der Waals surface area contributed by atoms with Gasteiger partial charge in [0.15, 0.2) is 0 Å². The molecule has 0 unspecified atom stereocenters. The van der Waals surface area contributed by atoms with Gasteiger partial charge in [-0.3, -0.25) is 9.59 Å². The Hall–Kier alpha value is -2.78. The number of amides is 1. The fourth-order valence-electron chi connectivity index (χ4n) is 3.46. The third-order valence-corrected chi connectivity index (χ3v) is 5.87. The predicted molar refractivity (Wildman–Crippen MR) is 114 cm³/mol. The van der Waals surface area contributed by atoms with Crippen molar-refractivity contribution in [3.63, 3.8) is 0 Å². The van der Waals surface area contributed by atoms with E-state index in [4.69, 9.17) is 4.74 Å². The molecule has 1 aliphatic carbocycles. The van der Waals surface area contributed by atoms with Gasteiger partial charge in [0.05, 0.1) is 24.3 Å². The molecule has 9 heteroatoms. The lowest BCUT2D eigenvalue weighted by atomic mass is 9.96. The van der Waals surface area contributed by atoms with Gasteiger partial charge in [-0.05, 0) is 55.2 Å². The molecular formula is C22H25FN2O5S. The number of hydrogen-bond acceptors (Lipinski definition) is 5. The first-order valence-electron chi connectivity index (χ1n) is 9.93. The van der Waals surface area contributed by atoms with Gasteiger partial charge in [-0.25, -0.2) is 17.5 Å². The third-order valence-electron chi connectivity index (χ3n) is 5.16. The summed E-state index contributed by atoms with van der Waals surface area (Å²) in [5.41, 5.74) is 1.24. The molecule has 2 aromatic rings. The Morgan fingerprint density at radius 1 is 1.10 bits per heavy atom. The molecule has 0 bridgehead atoms. The number of carbonyl (C=O) groups is 2. The Kier molecular flexibility index (Phi) is 6.76. The highest BCUT2D eigenvalue weighted by molar-refractivity contribution is 7.88. The highest BCUT2D eigenvalue weighted by atomic mass is 32.2. The van der Waals surface area contributed by atoms with Crippen LogP contribution in [0.15, 0.2) is 48.5 Å². The van der Waals surface area contributed by atoms with Crippen LogP contribution >= 0.6 is 0 Å². The maximum absolute atomic E-state index is 13.2. The summed E-state index contributed by atoms with van der Waals surface area (Å²) < 4.78 is 44.2. The molecule has 7 nitrogen and oxygen atoms in total. The zero-order valence-electron chi connectivity index (χ0n) is 17.4. The Bertz CT molecular complexity index is 1050. The van der Waals surface area contributed by atoms with Crippen LogP contribution in [0, 0.1) is 5.82 Å². The van der Waals surface area contributed by atoms with Crippen molar-refractivity contribution in [2.75, 3.05) is 18.2 Å². The average Bonchev–Trinajstić information content (AvgIpc) is 3.50. The van der Waals surface area contributed by atoms with E-state index in [1.54, 1.807) is 31.2 Å². The zero-order valence-corrected chi connectivity index (χ0v) is 18.2. The smallest absolute Gasteiger partial charge is 0.316 e. The fourth-order valence-corrected chi connectivity index (χ4v) is 4.19. The first kappa shape index (κ1) is 22.9. The number of esters is 1. The summed E-state index contributed by atoms with van der Waals surface area (Å²) in [6.07, 6.45) is 2.28. The van der Waals surface area contributed by atoms with E-state index < -0.39 is 33.2 Å². The van der Waals surface area contributed by atoms with Crippen molar-refractivity contribution in [1.29, 1.82) is 0 Å². The third kappa shape index (κ3) is 5.89. The lowest BCUT2D eigenvalue weighted by molar-refractivity contribution is -0.146. The monoisotopic (exact) mass is 448 g/mol. The Morgan fingerprint density at radius 3 is 2.23 bits per heavy atom. The predicted octanol–water partition coefficient (Wildman–Crippen LogP) is 3.04. The van der Waals surface area contributed by atoms with E-state index in [2.05, 4.69) is 10.0 Å². The molecule has 0 spiro atoms. The van der Waals surface area contributed by atoms with Gasteiger partial charge < -0.3 is 10.1 Å². The minimum atomic E-state index is -3.60. The number of rotatable bonds is 9. The molecule has 0 radical (unpaired) electrons. The van der Waals surface area contributed by atoms with Crippen molar-refractivity contribution in [3.05, 3.63) is 65.5 Å². The number of nitrogens with one attached hydrogen (secondary N) is 2. The molecule has 0 aliphatic heterocycles. The molecular weight excluding hydrogens is 423 g/mol. The molecule has 0 heterocycles. The van der Waals surface area contributed by atoms with Crippen molar-refractivity contribution in [2.24, 2.45) is 0 Å². The standard InChI is InChI=1S/C22H25FN2O5S/c1-3-30-21(27)22(12-13-22)16-6-10-18(11-7-16)24-20(26)14-19(25-31(2,28)29)15-4-8-17(23)9-5-15/h4-11,19,25H,3,12-14H2,1-2H3,(H,24,26)/t19-/m1/s1. The number of halogens is 1. The van der Waals surface area contributed by atoms with Crippen LogP contribution in [0.3, 0.4) is 0 Å². The van der Waals surface area contributed by atoms with Crippen LogP contribution < -0.4 is 10.0 Å². The number of benzene rings is 2. The van der Waals surface area contributed by atoms with Gasteiger partial charge in [-0.15, -0.1) is 0 Å². The minimum Gasteiger partial charge on any atom is -0.465 e. The minimum absolute atomic E-state index is 0.173. The summed E-state index contributed by atoms with van der Waals surface area (Å²) >= 11 is 0. The van der Waals surface area contributed by atoms with Crippen molar-refractivity contribution >= 4 is 27.6 Å². The molecule has 1 aliphatic rings. The van der Waals surface area contributed by atoms with Crippen LogP contribution in [0.2, 0.25) is 0 Å². The molecule has 0 aromatic heterocycles. The summed E-state index contributed by atoms with van der Waals surface area (Å²) in [7, 11) is -3.60. The number of anilines is 1. The van der Waals surface area contributed by atoms with Crippen molar-refractivity contribution in [2.45, 2.75) is 37.6 Å². The van der Waals surface area contributed by atoms with E-state index in [1.165, 1.54) is 24.3 Å². The molecule has 1 fully saturated rings. The maximum atomic E-state index is 13.2. The van der Waals surface area contributed by atoms with Crippen LogP contribution in [0.1, 0.15) is 43.4 Å². The summed E-state index contributed by atoms with van der Waals surface area (Å²) in [6.45, 7) is 2.09. The number of sulfonamides is 1. The van der Waals surface area contributed by atoms with Gasteiger partial charge in [-0.1, -0.05) is 24.3 Å². The highest BCUT2D eigenvalue weighted by Crippen LogP contribution is 2.49. The van der Waals surface area contributed by atoms with Gasteiger partial charge >= 0.3 is 5.97 Å². The van der Waals surface area contributed by atoms with Crippen LogP contribution in [0.4, 0.5) is 10.1 Å². The average molecular weight is 449 g/mol. The quantitative estimate of drug-likeness (QED) is 0.574. The zero-order chi connectivity index (χ0) is 22.6. The van der Waals surface area contributed by atoms with Gasteiger partial charge in [0, 0.05) is 12.1 Å². The Balaban J connectivity index is 1.68. The van der Waals surface area contributed by atoms with E-state index in [0.29, 0.717) is 17.9 Å². The van der Waals surface area contributed by atoms with Gasteiger partial charge in [0.2, 0.25) is 15.9 Å². The number of hydrogen-bond donors (Lipinski definition) is 2. The van der Waals surface area contributed by atoms with Crippen LogP contribution in [0.25, 0.3) is 0 Å². The highest BCUT2D eigenvalue weighted by Gasteiger charge is 2.52. The molecule has 2 N–H and O–H groups in total. The molecule has 1 atom stereocenters. The topological polar surface area (TPSA) is 102 Å². The lowest BCUT2D eigenvalue weighted by Gasteiger charge is -2.18. The van der Waals surface area contributed by atoms with E-state index >= 15 is 0 Å². The molecule has 1 amide bonds. The van der Waals surface area contributed by atoms with Crippen LogP contribution in [-0.2, 0) is 29.8 Å². The van der Waals surface area contributed by atoms with Crippen molar-refractivity contribution in [3.8, 4) is 0 Å².